The van der Waals surface area contributed by atoms with Gasteiger partial charge >= 0.3 is 11.9 Å². The molecule has 0 aliphatic heterocycles. The van der Waals surface area contributed by atoms with Crippen LogP contribution in [-0.2, 0) is 14.3 Å². The Hall–Kier alpha value is -1.88. The molecule has 0 unspecified atom stereocenters. The van der Waals surface area contributed by atoms with E-state index in [1.807, 2.05) is 0 Å². The summed E-state index contributed by atoms with van der Waals surface area (Å²) in [5.74, 6) is -2.51. The highest BCUT2D eigenvalue weighted by atomic mass is 16.5. The summed E-state index contributed by atoms with van der Waals surface area (Å²) in [4.78, 5) is 19.1. The zero-order chi connectivity index (χ0) is 12.1. The molecule has 0 bridgehead atoms. The summed E-state index contributed by atoms with van der Waals surface area (Å²) in [6.45, 7) is 8.18. The summed E-state index contributed by atoms with van der Waals surface area (Å²) < 4.78 is 4.90. The van der Waals surface area contributed by atoms with Gasteiger partial charge in [-0.2, -0.15) is 0 Å². The fourth-order valence-corrected chi connectivity index (χ4v) is 0.377. The lowest BCUT2D eigenvalue weighted by molar-refractivity contribution is -0.134. The van der Waals surface area contributed by atoms with Gasteiger partial charge in [0.2, 0.25) is 0 Å². The lowest BCUT2D eigenvalue weighted by Gasteiger charge is -1.89. The van der Waals surface area contributed by atoms with Crippen LogP contribution in [0.25, 0.3) is 0 Å². The SMILES string of the molecule is C=CCOCC=C.O=C(O)/C=C\C(=O)O. The number of hydrogen-bond acceptors (Lipinski definition) is 3. The standard InChI is InChI=1S/C6H10O.C4H4O4/c1-3-5-7-6-4-2;5-3(6)1-2-4(7)8/h3-4H,1-2,5-6H2;1-2H,(H,5,6)(H,7,8)/b;2-1-. The van der Waals surface area contributed by atoms with Crippen LogP contribution in [0.4, 0.5) is 0 Å². The van der Waals surface area contributed by atoms with Crippen LogP contribution in [0.15, 0.2) is 37.5 Å². The van der Waals surface area contributed by atoms with Crippen LogP contribution in [0.3, 0.4) is 0 Å². The van der Waals surface area contributed by atoms with Crippen molar-refractivity contribution in [2.45, 2.75) is 0 Å². The van der Waals surface area contributed by atoms with Crippen LogP contribution in [0.5, 0.6) is 0 Å². The van der Waals surface area contributed by atoms with Crippen molar-refractivity contribution in [2.24, 2.45) is 0 Å². The molecule has 0 aromatic heterocycles. The van der Waals surface area contributed by atoms with Crippen molar-refractivity contribution in [2.75, 3.05) is 13.2 Å². The zero-order valence-corrected chi connectivity index (χ0v) is 8.26. The Morgan fingerprint density at radius 1 is 1.00 bits per heavy atom. The topological polar surface area (TPSA) is 83.8 Å². The predicted octanol–water partition coefficient (Wildman–Crippen LogP) is 1.09. The molecular formula is C10H14O5. The second-order valence-electron chi connectivity index (χ2n) is 2.12. The van der Waals surface area contributed by atoms with Gasteiger partial charge in [0.05, 0.1) is 13.2 Å². The van der Waals surface area contributed by atoms with E-state index in [2.05, 4.69) is 13.2 Å². The second-order valence-corrected chi connectivity index (χ2v) is 2.12. The minimum Gasteiger partial charge on any atom is -0.478 e. The minimum absolute atomic E-state index is 0.558. The van der Waals surface area contributed by atoms with Gasteiger partial charge in [-0.1, -0.05) is 12.2 Å². The van der Waals surface area contributed by atoms with E-state index < -0.39 is 11.9 Å². The molecule has 0 aromatic rings. The Balaban J connectivity index is 0. The quantitative estimate of drug-likeness (QED) is 0.393. The largest absolute Gasteiger partial charge is 0.478 e. The van der Waals surface area contributed by atoms with Crippen LogP contribution in [0.2, 0.25) is 0 Å². The van der Waals surface area contributed by atoms with Gasteiger partial charge in [-0.05, 0) is 0 Å². The molecule has 0 aliphatic rings. The molecule has 0 amide bonds. The normalized spacial score (nSPS) is 8.80. The lowest BCUT2D eigenvalue weighted by atomic mass is 10.5. The molecule has 0 radical (unpaired) electrons. The van der Waals surface area contributed by atoms with Gasteiger partial charge in [-0.3, -0.25) is 0 Å². The first-order chi connectivity index (χ1) is 7.04. The van der Waals surface area contributed by atoms with E-state index in [-0.39, 0.29) is 0 Å². The highest BCUT2D eigenvalue weighted by Gasteiger charge is 1.88. The third kappa shape index (κ3) is 24.5. The van der Waals surface area contributed by atoms with Crippen molar-refractivity contribution in [3.63, 3.8) is 0 Å². The maximum atomic E-state index is 9.55. The van der Waals surface area contributed by atoms with Crippen molar-refractivity contribution in [3.05, 3.63) is 37.5 Å². The molecule has 0 heterocycles. The molecule has 15 heavy (non-hydrogen) atoms. The van der Waals surface area contributed by atoms with E-state index in [0.29, 0.717) is 25.4 Å². The maximum Gasteiger partial charge on any atom is 0.328 e. The number of carboxylic acids is 2. The van der Waals surface area contributed by atoms with Crippen LogP contribution in [0, 0.1) is 0 Å². The number of hydrogen-bond donors (Lipinski definition) is 2. The van der Waals surface area contributed by atoms with E-state index in [1.165, 1.54) is 0 Å². The molecule has 0 spiro atoms. The van der Waals surface area contributed by atoms with Crippen molar-refractivity contribution < 1.29 is 24.5 Å². The molecule has 0 atom stereocenters. The van der Waals surface area contributed by atoms with Crippen LogP contribution in [0.1, 0.15) is 0 Å². The number of carbonyl (C=O) groups is 2. The summed E-state index contributed by atoms with van der Waals surface area (Å²) in [6, 6.07) is 0. The Kier molecular flexibility index (Phi) is 12.6. The molecular weight excluding hydrogens is 200 g/mol. The summed E-state index contributed by atoms with van der Waals surface area (Å²) in [7, 11) is 0. The number of rotatable bonds is 6. The van der Waals surface area contributed by atoms with Crippen LogP contribution in [-0.4, -0.2) is 35.4 Å². The van der Waals surface area contributed by atoms with E-state index in [1.54, 1.807) is 12.2 Å². The monoisotopic (exact) mass is 214 g/mol. The van der Waals surface area contributed by atoms with Gasteiger partial charge in [0, 0.05) is 12.2 Å². The Morgan fingerprint density at radius 3 is 1.53 bits per heavy atom. The van der Waals surface area contributed by atoms with E-state index in [9.17, 15) is 9.59 Å². The first kappa shape index (κ1) is 15.6. The van der Waals surface area contributed by atoms with Crippen molar-refractivity contribution in [1.82, 2.24) is 0 Å². The molecule has 0 fully saturated rings. The number of ether oxygens (including phenoxy) is 1. The average Bonchev–Trinajstić information content (AvgIpc) is 2.17. The predicted molar refractivity (Wildman–Crippen MR) is 55.6 cm³/mol. The highest BCUT2D eigenvalue weighted by Crippen LogP contribution is 1.72. The highest BCUT2D eigenvalue weighted by molar-refractivity contribution is 5.89. The average molecular weight is 214 g/mol. The number of carboxylic acid groups (broad SMARTS) is 2. The minimum atomic E-state index is -1.26. The van der Waals surface area contributed by atoms with Gasteiger partial charge in [0.15, 0.2) is 0 Å². The van der Waals surface area contributed by atoms with Crippen molar-refractivity contribution in [3.8, 4) is 0 Å². The van der Waals surface area contributed by atoms with Gasteiger partial charge in [-0.15, -0.1) is 13.2 Å². The van der Waals surface area contributed by atoms with Gasteiger partial charge in [0.1, 0.15) is 0 Å². The Bertz CT molecular complexity index is 218. The molecule has 0 aromatic carbocycles. The molecule has 5 nitrogen and oxygen atoms in total. The molecule has 5 heteroatoms. The van der Waals surface area contributed by atoms with E-state index in [4.69, 9.17) is 14.9 Å². The van der Waals surface area contributed by atoms with E-state index >= 15 is 0 Å². The first-order valence-corrected chi connectivity index (χ1v) is 3.98. The summed E-state index contributed by atoms with van der Waals surface area (Å²) in [5.41, 5.74) is 0. The molecule has 0 saturated carbocycles. The molecule has 2 N–H and O–H groups in total. The Morgan fingerprint density at radius 2 is 1.33 bits per heavy atom. The fraction of sp³-hybridized carbons (Fsp3) is 0.200. The molecule has 84 valence electrons. The Labute approximate surface area is 88.0 Å². The van der Waals surface area contributed by atoms with Gasteiger partial charge in [-0.25, -0.2) is 9.59 Å². The smallest absolute Gasteiger partial charge is 0.328 e. The fourth-order valence-electron chi connectivity index (χ4n) is 0.377. The summed E-state index contributed by atoms with van der Waals surface area (Å²) >= 11 is 0. The van der Waals surface area contributed by atoms with Crippen LogP contribution >= 0.6 is 0 Å². The zero-order valence-electron chi connectivity index (χ0n) is 8.26. The number of aliphatic carboxylic acids is 2. The summed E-state index contributed by atoms with van der Waals surface area (Å²) in [5, 5.41) is 15.6. The molecule has 0 saturated heterocycles. The molecule has 0 rings (SSSR count). The molecule has 0 aliphatic carbocycles. The third-order valence-corrected chi connectivity index (χ3v) is 0.840. The van der Waals surface area contributed by atoms with Crippen molar-refractivity contribution >= 4 is 11.9 Å². The van der Waals surface area contributed by atoms with Crippen molar-refractivity contribution in [1.29, 1.82) is 0 Å². The van der Waals surface area contributed by atoms with E-state index in [0.717, 1.165) is 0 Å². The lowest BCUT2D eigenvalue weighted by Crippen LogP contribution is -1.91. The first-order valence-electron chi connectivity index (χ1n) is 3.98. The van der Waals surface area contributed by atoms with Gasteiger partial charge < -0.3 is 14.9 Å². The maximum absolute atomic E-state index is 9.55. The second kappa shape index (κ2) is 12.1. The van der Waals surface area contributed by atoms with Crippen LogP contribution < -0.4 is 0 Å². The third-order valence-electron chi connectivity index (χ3n) is 0.840. The van der Waals surface area contributed by atoms with Gasteiger partial charge in [0.25, 0.3) is 0 Å². The summed E-state index contributed by atoms with van der Waals surface area (Å²) in [6.07, 6.45) is 4.54.